The van der Waals surface area contributed by atoms with Crippen LogP contribution in [-0.2, 0) is 9.59 Å². The molecule has 0 spiro atoms. The van der Waals surface area contributed by atoms with E-state index in [4.69, 9.17) is 9.15 Å². The van der Waals surface area contributed by atoms with E-state index < -0.39 is 11.5 Å². The smallest absolute Gasteiger partial charge is 0.336 e. The summed E-state index contributed by atoms with van der Waals surface area (Å²) in [6.45, 7) is 4.01. The second-order valence-electron chi connectivity index (χ2n) is 5.32. The number of ether oxygens (including phenoxy) is 1. The summed E-state index contributed by atoms with van der Waals surface area (Å²) in [5.74, 6) is -0.248. The first-order valence-corrected chi connectivity index (χ1v) is 7.70. The van der Waals surface area contributed by atoms with Crippen molar-refractivity contribution in [3.05, 3.63) is 40.2 Å². The normalized spacial score (nSPS) is 10.4. The van der Waals surface area contributed by atoms with Crippen molar-refractivity contribution in [3.8, 4) is 5.75 Å². The summed E-state index contributed by atoms with van der Waals surface area (Å²) in [6, 6.07) is 6.43. The van der Waals surface area contributed by atoms with Crippen LogP contribution >= 0.6 is 0 Å². The van der Waals surface area contributed by atoms with Crippen LogP contribution < -0.4 is 21.0 Å². The molecular formula is C17H20N2O5. The van der Waals surface area contributed by atoms with Crippen molar-refractivity contribution in [2.45, 2.75) is 20.3 Å². The number of carbonyl (C=O) groups is 2. The van der Waals surface area contributed by atoms with Crippen molar-refractivity contribution in [2.75, 3.05) is 19.7 Å². The molecule has 0 bridgehead atoms. The maximum absolute atomic E-state index is 11.7. The van der Waals surface area contributed by atoms with Crippen LogP contribution in [0, 0.1) is 6.92 Å². The Bertz CT molecular complexity index is 797. The van der Waals surface area contributed by atoms with Crippen molar-refractivity contribution >= 4 is 22.8 Å². The first-order valence-electron chi connectivity index (χ1n) is 7.70. The minimum absolute atomic E-state index is 0.0893. The van der Waals surface area contributed by atoms with Crippen molar-refractivity contribution in [2.24, 2.45) is 0 Å². The predicted molar refractivity (Wildman–Crippen MR) is 89.0 cm³/mol. The maximum Gasteiger partial charge on any atom is 0.336 e. The number of nitrogens with one attached hydrogen (secondary N) is 2. The van der Waals surface area contributed by atoms with Crippen molar-refractivity contribution < 1.29 is 18.7 Å². The van der Waals surface area contributed by atoms with Crippen LogP contribution in [0.3, 0.4) is 0 Å². The fourth-order valence-electron chi connectivity index (χ4n) is 2.10. The molecule has 0 aliphatic carbocycles. The van der Waals surface area contributed by atoms with Crippen LogP contribution in [-0.4, -0.2) is 31.5 Å². The van der Waals surface area contributed by atoms with E-state index in [-0.39, 0.29) is 19.1 Å². The topological polar surface area (TPSA) is 97.6 Å². The molecule has 0 aliphatic rings. The van der Waals surface area contributed by atoms with Gasteiger partial charge in [0.05, 0.1) is 6.54 Å². The zero-order valence-electron chi connectivity index (χ0n) is 13.7. The van der Waals surface area contributed by atoms with E-state index >= 15 is 0 Å². The van der Waals surface area contributed by atoms with E-state index in [0.29, 0.717) is 17.9 Å². The van der Waals surface area contributed by atoms with E-state index in [1.807, 2.05) is 13.8 Å². The van der Waals surface area contributed by atoms with E-state index in [1.54, 1.807) is 18.2 Å². The largest absolute Gasteiger partial charge is 0.484 e. The molecule has 2 amide bonds. The third-order valence-corrected chi connectivity index (χ3v) is 3.31. The minimum Gasteiger partial charge on any atom is -0.484 e. The molecule has 2 N–H and O–H groups in total. The standard InChI is InChI=1S/C17H20N2O5/c1-3-6-18-15(20)9-19-16(21)10-23-12-4-5-13-11(2)7-17(22)24-14(13)8-12/h4-5,7-8H,3,6,9-10H2,1-2H3,(H,18,20)(H,19,21). The van der Waals surface area contributed by atoms with E-state index in [1.165, 1.54) is 6.07 Å². The molecule has 24 heavy (non-hydrogen) atoms. The Morgan fingerprint density at radius 3 is 2.71 bits per heavy atom. The Labute approximate surface area is 139 Å². The Balaban J connectivity index is 1.90. The first kappa shape index (κ1) is 17.5. The predicted octanol–water partition coefficient (Wildman–Crippen LogP) is 1.12. The fourth-order valence-corrected chi connectivity index (χ4v) is 2.10. The Morgan fingerprint density at radius 2 is 1.96 bits per heavy atom. The number of rotatable bonds is 7. The number of fused-ring (bicyclic) bond motifs is 1. The van der Waals surface area contributed by atoms with Gasteiger partial charge in [0.15, 0.2) is 6.61 Å². The third-order valence-electron chi connectivity index (χ3n) is 3.31. The van der Waals surface area contributed by atoms with Gasteiger partial charge in [0.2, 0.25) is 5.91 Å². The van der Waals surface area contributed by atoms with Gasteiger partial charge in [-0.3, -0.25) is 9.59 Å². The van der Waals surface area contributed by atoms with Crippen molar-refractivity contribution in [1.29, 1.82) is 0 Å². The zero-order chi connectivity index (χ0) is 17.5. The summed E-state index contributed by atoms with van der Waals surface area (Å²) in [5.41, 5.74) is 0.772. The van der Waals surface area contributed by atoms with Gasteiger partial charge in [0, 0.05) is 24.1 Å². The molecule has 7 heteroatoms. The highest BCUT2D eigenvalue weighted by molar-refractivity contribution is 5.85. The van der Waals surface area contributed by atoms with E-state index in [9.17, 15) is 14.4 Å². The van der Waals surface area contributed by atoms with Gasteiger partial charge in [-0.15, -0.1) is 0 Å². The highest BCUT2D eigenvalue weighted by atomic mass is 16.5. The fraction of sp³-hybridized carbons (Fsp3) is 0.353. The summed E-state index contributed by atoms with van der Waals surface area (Å²) in [6.07, 6.45) is 0.834. The zero-order valence-corrected chi connectivity index (χ0v) is 13.7. The first-order chi connectivity index (χ1) is 11.5. The van der Waals surface area contributed by atoms with Crippen molar-refractivity contribution in [3.63, 3.8) is 0 Å². The minimum atomic E-state index is -0.437. The van der Waals surface area contributed by atoms with Gasteiger partial charge in [0.25, 0.3) is 5.91 Å². The highest BCUT2D eigenvalue weighted by Crippen LogP contribution is 2.22. The van der Waals surface area contributed by atoms with E-state index in [2.05, 4.69) is 10.6 Å². The van der Waals surface area contributed by atoms with Crippen LogP contribution in [0.2, 0.25) is 0 Å². The van der Waals surface area contributed by atoms with E-state index in [0.717, 1.165) is 17.4 Å². The van der Waals surface area contributed by atoms with Crippen LogP contribution in [0.15, 0.2) is 33.5 Å². The monoisotopic (exact) mass is 332 g/mol. The summed E-state index contributed by atoms with van der Waals surface area (Å²) in [7, 11) is 0. The SMILES string of the molecule is CCCNC(=O)CNC(=O)COc1ccc2c(C)cc(=O)oc2c1. The lowest BCUT2D eigenvalue weighted by atomic mass is 10.1. The number of aryl methyl sites for hydroxylation is 1. The quantitative estimate of drug-likeness (QED) is 0.741. The number of benzene rings is 1. The average molecular weight is 332 g/mol. The molecule has 2 aromatic rings. The highest BCUT2D eigenvalue weighted by Gasteiger charge is 2.08. The molecule has 0 atom stereocenters. The van der Waals surface area contributed by atoms with Gasteiger partial charge in [-0.25, -0.2) is 4.79 Å². The summed E-state index contributed by atoms with van der Waals surface area (Å²) in [5, 5.41) is 5.93. The molecule has 1 heterocycles. The van der Waals surface area contributed by atoms with Gasteiger partial charge in [0.1, 0.15) is 11.3 Å². The van der Waals surface area contributed by atoms with Crippen LogP contribution in [0.25, 0.3) is 11.0 Å². The van der Waals surface area contributed by atoms with Gasteiger partial charge < -0.3 is 19.8 Å². The van der Waals surface area contributed by atoms with Crippen molar-refractivity contribution in [1.82, 2.24) is 10.6 Å². The molecule has 0 fully saturated rings. The molecule has 1 aromatic heterocycles. The maximum atomic E-state index is 11.7. The summed E-state index contributed by atoms with van der Waals surface area (Å²) in [4.78, 5) is 34.5. The lowest BCUT2D eigenvalue weighted by Gasteiger charge is -2.08. The van der Waals surface area contributed by atoms with Gasteiger partial charge >= 0.3 is 5.63 Å². The van der Waals surface area contributed by atoms with Gasteiger partial charge in [-0.2, -0.15) is 0 Å². The third kappa shape index (κ3) is 4.84. The number of amides is 2. The van der Waals surface area contributed by atoms with Crippen LogP contribution in [0.1, 0.15) is 18.9 Å². The number of carbonyl (C=O) groups excluding carboxylic acids is 2. The molecule has 0 saturated heterocycles. The molecule has 0 unspecified atom stereocenters. The Kier molecular flexibility index (Phi) is 5.95. The summed E-state index contributed by atoms with van der Waals surface area (Å²) < 4.78 is 10.5. The lowest BCUT2D eigenvalue weighted by Crippen LogP contribution is -2.39. The molecule has 0 saturated carbocycles. The molecular weight excluding hydrogens is 312 g/mol. The van der Waals surface area contributed by atoms with Crippen LogP contribution in [0.5, 0.6) is 5.75 Å². The summed E-state index contributed by atoms with van der Waals surface area (Å²) >= 11 is 0. The Morgan fingerprint density at radius 1 is 1.17 bits per heavy atom. The molecule has 7 nitrogen and oxygen atoms in total. The average Bonchev–Trinajstić information content (AvgIpc) is 2.55. The lowest BCUT2D eigenvalue weighted by molar-refractivity contribution is -0.127. The second kappa shape index (κ2) is 8.14. The number of hydrogen-bond acceptors (Lipinski definition) is 5. The number of hydrogen-bond donors (Lipinski definition) is 2. The van der Waals surface area contributed by atoms with Gasteiger partial charge in [-0.05, 0) is 31.0 Å². The molecule has 128 valence electrons. The molecule has 0 radical (unpaired) electrons. The molecule has 2 rings (SSSR count). The second-order valence-corrected chi connectivity index (χ2v) is 5.32. The Hall–Kier alpha value is -2.83. The molecule has 1 aromatic carbocycles. The van der Waals surface area contributed by atoms with Gasteiger partial charge in [-0.1, -0.05) is 6.92 Å². The molecule has 0 aliphatic heterocycles. The van der Waals surface area contributed by atoms with Crippen LogP contribution in [0.4, 0.5) is 0 Å².